The lowest BCUT2D eigenvalue weighted by molar-refractivity contribution is -0.384. The second-order valence-corrected chi connectivity index (χ2v) is 10.1. The second kappa shape index (κ2) is 9.34. The highest BCUT2D eigenvalue weighted by Gasteiger charge is 2.48. The number of benzene rings is 2. The number of aromatic nitrogens is 1. The average molecular weight is 542 g/mol. The van der Waals surface area contributed by atoms with Gasteiger partial charge in [-0.2, -0.15) is 0 Å². The minimum atomic E-state index is -0.965. The van der Waals surface area contributed by atoms with Gasteiger partial charge >= 0.3 is 5.91 Å². The van der Waals surface area contributed by atoms with Crippen molar-refractivity contribution in [3.63, 3.8) is 0 Å². The smallest absolute Gasteiger partial charge is 0.301 e. The molecule has 0 aliphatic carbocycles. The Labute approximate surface area is 217 Å². The molecule has 182 valence electrons. The first-order valence-corrected chi connectivity index (χ1v) is 12.7. The van der Waals surface area contributed by atoms with E-state index in [9.17, 15) is 24.8 Å². The van der Waals surface area contributed by atoms with Crippen molar-refractivity contribution in [2.75, 3.05) is 11.5 Å². The zero-order valence-electron chi connectivity index (χ0n) is 18.5. The zero-order valence-corrected chi connectivity index (χ0v) is 20.9. The summed E-state index contributed by atoms with van der Waals surface area (Å²) >= 11 is 8.70. The molecule has 2 aromatic heterocycles. The molecule has 0 radical (unpaired) electrons. The van der Waals surface area contributed by atoms with E-state index in [1.807, 2.05) is 6.92 Å². The van der Waals surface area contributed by atoms with Gasteiger partial charge in [-0.25, -0.2) is 4.98 Å². The summed E-state index contributed by atoms with van der Waals surface area (Å²) in [6.45, 7) is 2.19. The average Bonchev–Trinajstić information content (AvgIpc) is 3.58. The van der Waals surface area contributed by atoms with Gasteiger partial charge in [0, 0.05) is 22.6 Å². The summed E-state index contributed by atoms with van der Waals surface area (Å²) in [6, 6.07) is 11.4. The van der Waals surface area contributed by atoms with E-state index < -0.39 is 28.4 Å². The SMILES string of the molecule is CCOc1ccc(Cl)c(/C(O)=C2\C(=O)C(=O)N(c3nc4ccc([N+](=O)[O-])cc4s3)C2c2cccs2)c1. The predicted octanol–water partition coefficient (Wildman–Crippen LogP) is 5.94. The molecule has 1 N–H and O–H groups in total. The highest BCUT2D eigenvalue weighted by molar-refractivity contribution is 7.22. The van der Waals surface area contributed by atoms with Crippen LogP contribution in [0, 0.1) is 10.1 Å². The van der Waals surface area contributed by atoms with Gasteiger partial charge in [-0.15, -0.1) is 11.3 Å². The number of ether oxygens (including phenoxy) is 1. The van der Waals surface area contributed by atoms with Gasteiger partial charge in [0.1, 0.15) is 17.6 Å². The summed E-state index contributed by atoms with van der Waals surface area (Å²) < 4.78 is 5.99. The molecule has 1 aliphatic rings. The number of hydrogen-bond acceptors (Lipinski definition) is 9. The van der Waals surface area contributed by atoms with E-state index in [0.717, 1.165) is 11.3 Å². The number of anilines is 1. The molecule has 5 rings (SSSR count). The van der Waals surface area contributed by atoms with Gasteiger partial charge in [-0.1, -0.05) is 29.0 Å². The number of rotatable bonds is 6. The van der Waals surface area contributed by atoms with Crippen molar-refractivity contribution in [3.8, 4) is 5.75 Å². The summed E-state index contributed by atoms with van der Waals surface area (Å²) in [4.78, 5) is 43.6. The molecule has 0 bridgehead atoms. The molecule has 1 fully saturated rings. The quantitative estimate of drug-likeness (QED) is 0.105. The number of Topliss-reactive ketones (excluding diaryl/α,β-unsaturated/α-hetero) is 1. The molecule has 2 aromatic carbocycles. The van der Waals surface area contributed by atoms with Gasteiger partial charge in [-0.3, -0.25) is 24.6 Å². The van der Waals surface area contributed by atoms with Crippen molar-refractivity contribution < 1.29 is 24.4 Å². The number of thiazole rings is 1. The van der Waals surface area contributed by atoms with Crippen LogP contribution in [0.3, 0.4) is 0 Å². The first-order valence-electron chi connectivity index (χ1n) is 10.6. The van der Waals surface area contributed by atoms with Crippen LogP contribution in [0.4, 0.5) is 10.8 Å². The Balaban J connectivity index is 1.69. The van der Waals surface area contributed by atoms with E-state index in [4.69, 9.17) is 16.3 Å². The van der Waals surface area contributed by atoms with Crippen LogP contribution in [0.2, 0.25) is 5.02 Å². The standard InChI is InChI=1S/C24H16ClN3O6S2/c1-2-34-13-6-7-15(25)14(11-13)21(29)19-20(17-4-3-9-35-17)27(23(31)22(19)30)24-26-16-8-5-12(28(32)33)10-18(16)36-24/h3-11,20,29H,2H2,1H3/b21-19+. The van der Waals surface area contributed by atoms with Crippen LogP contribution in [-0.2, 0) is 9.59 Å². The number of aliphatic hydroxyl groups is 1. The highest BCUT2D eigenvalue weighted by Crippen LogP contribution is 2.46. The number of halogens is 1. The number of nitrogens with zero attached hydrogens (tertiary/aromatic N) is 3. The number of thiophene rings is 1. The Morgan fingerprint density at radius 1 is 1.25 bits per heavy atom. The Bertz CT molecular complexity index is 1560. The molecular weight excluding hydrogens is 526 g/mol. The predicted molar refractivity (Wildman–Crippen MR) is 138 cm³/mol. The summed E-state index contributed by atoms with van der Waals surface area (Å²) in [5.41, 5.74) is 0.351. The molecule has 1 saturated heterocycles. The topological polar surface area (TPSA) is 123 Å². The number of carbonyl (C=O) groups is 2. The van der Waals surface area contributed by atoms with Gasteiger partial charge in [0.2, 0.25) is 0 Å². The Morgan fingerprint density at radius 3 is 2.75 bits per heavy atom. The molecule has 1 atom stereocenters. The molecule has 3 heterocycles. The van der Waals surface area contributed by atoms with E-state index in [1.165, 1.54) is 46.6 Å². The number of nitro groups is 1. The fourth-order valence-corrected chi connectivity index (χ4v) is 6.01. The monoisotopic (exact) mass is 541 g/mol. The van der Waals surface area contributed by atoms with E-state index in [1.54, 1.807) is 23.6 Å². The summed E-state index contributed by atoms with van der Waals surface area (Å²) in [6.07, 6.45) is 0. The van der Waals surface area contributed by atoms with E-state index in [0.29, 0.717) is 27.5 Å². The molecule has 0 saturated carbocycles. The third-order valence-electron chi connectivity index (χ3n) is 5.54. The largest absolute Gasteiger partial charge is 0.507 e. The van der Waals surface area contributed by atoms with Crippen molar-refractivity contribution in [1.29, 1.82) is 0 Å². The fourth-order valence-electron chi connectivity index (χ4n) is 3.95. The minimum absolute atomic E-state index is 0.113. The molecule has 9 nitrogen and oxygen atoms in total. The maximum Gasteiger partial charge on any atom is 0.301 e. The molecule has 36 heavy (non-hydrogen) atoms. The molecular formula is C24H16ClN3O6S2. The molecule has 1 aliphatic heterocycles. The lowest BCUT2D eigenvalue weighted by Crippen LogP contribution is -2.28. The van der Waals surface area contributed by atoms with Crippen molar-refractivity contribution in [2.45, 2.75) is 13.0 Å². The van der Waals surface area contributed by atoms with Gasteiger partial charge in [0.25, 0.3) is 11.5 Å². The summed E-state index contributed by atoms with van der Waals surface area (Å²) in [5.74, 6) is -1.76. The zero-order chi connectivity index (χ0) is 25.6. The van der Waals surface area contributed by atoms with Crippen LogP contribution < -0.4 is 9.64 Å². The van der Waals surface area contributed by atoms with E-state index in [-0.39, 0.29) is 27.0 Å². The van der Waals surface area contributed by atoms with Crippen LogP contribution in [0.15, 0.2) is 59.5 Å². The first kappa shape index (κ1) is 23.9. The number of aliphatic hydroxyl groups excluding tert-OH is 1. The minimum Gasteiger partial charge on any atom is -0.507 e. The number of ketones is 1. The highest BCUT2D eigenvalue weighted by atomic mass is 35.5. The number of amides is 1. The van der Waals surface area contributed by atoms with Crippen LogP contribution in [-0.4, -0.2) is 33.3 Å². The summed E-state index contributed by atoms with van der Waals surface area (Å²) in [5, 5.41) is 24.6. The lowest BCUT2D eigenvalue weighted by atomic mass is 9.99. The number of nitro benzene ring substituents is 1. The van der Waals surface area contributed by atoms with Crippen LogP contribution in [0.25, 0.3) is 16.0 Å². The van der Waals surface area contributed by atoms with Crippen molar-refractivity contribution in [1.82, 2.24) is 4.98 Å². The maximum absolute atomic E-state index is 13.3. The van der Waals surface area contributed by atoms with Crippen molar-refractivity contribution in [2.24, 2.45) is 0 Å². The lowest BCUT2D eigenvalue weighted by Gasteiger charge is -2.21. The van der Waals surface area contributed by atoms with Gasteiger partial charge < -0.3 is 9.84 Å². The van der Waals surface area contributed by atoms with Crippen molar-refractivity contribution in [3.05, 3.63) is 85.1 Å². The Morgan fingerprint density at radius 2 is 2.06 bits per heavy atom. The van der Waals surface area contributed by atoms with Gasteiger partial charge in [0.05, 0.1) is 32.3 Å². The summed E-state index contributed by atoms with van der Waals surface area (Å²) in [7, 11) is 0. The molecule has 0 spiro atoms. The number of carbonyl (C=O) groups excluding carboxylic acids is 2. The third-order valence-corrected chi connectivity index (χ3v) is 7.81. The molecule has 4 aromatic rings. The normalized spacial score (nSPS) is 17.2. The fraction of sp³-hybridized carbons (Fsp3) is 0.125. The maximum atomic E-state index is 13.3. The van der Waals surface area contributed by atoms with Crippen LogP contribution in [0.1, 0.15) is 23.4 Å². The molecule has 1 unspecified atom stereocenters. The second-order valence-electron chi connectivity index (χ2n) is 7.66. The number of non-ortho nitro benzene ring substituents is 1. The molecule has 1 amide bonds. The Kier molecular flexibility index (Phi) is 6.20. The molecule has 12 heteroatoms. The van der Waals surface area contributed by atoms with E-state index in [2.05, 4.69) is 4.98 Å². The van der Waals surface area contributed by atoms with Crippen molar-refractivity contribution >= 4 is 72.8 Å². The first-order chi connectivity index (χ1) is 17.3. The van der Waals surface area contributed by atoms with Crippen LogP contribution >= 0.6 is 34.3 Å². The Hall–Kier alpha value is -3.80. The number of fused-ring (bicyclic) bond motifs is 1. The van der Waals surface area contributed by atoms with E-state index >= 15 is 0 Å². The third kappa shape index (κ3) is 4.00. The number of hydrogen-bond donors (Lipinski definition) is 1. The van der Waals surface area contributed by atoms with Gasteiger partial charge in [-0.05, 0) is 42.6 Å². The van der Waals surface area contributed by atoms with Gasteiger partial charge in [0.15, 0.2) is 5.13 Å². The van der Waals surface area contributed by atoms with Crippen LogP contribution in [0.5, 0.6) is 5.75 Å².